The average molecular weight is 330 g/mol. The number of thiophene rings is 1. The largest absolute Gasteiger partial charge is 0.333 e. The van der Waals surface area contributed by atoms with E-state index in [-0.39, 0.29) is 23.9 Å². The maximum Gasteiger partial charge on any atom is 0.255 e. The van der Waals surface area contributed by atoms with E-state index in [9.17, 15) is 9.59 Å². The van der Waals surface area contributed by atoms with Crippen LogP contribution in [0.4, 0.5) is 5.69 Å². The second kappa shape index (κ2) is 5.49. The van der Waals surface area contributed by atoms with Crippen molar-refractivity contribution in [2.24, 2.45) is 7.05 Å². The Morgan fingerprint density at radius 2 is 2.22 bits per heavy atom. The quantitative estimate of drug-likeness (QED) is 0.845. The lowest BCUT2D eigenvalue weighted by Crippen LogP contribution is -2.53. The van der Waals surface area contributed by atoms with E-state index < -0.39 is 0 Å². The number of carbonyl (C=O) groups excluding carboxylic acids is 2. The zero-order valence-electron chi connectivity index (χ0n) is 12.9. The van der Waals surface area contributed by atoms with Crippen LogP contribution in [0.25, 0.3) is 0 Å². The van der Waals surface area contributed by atoms with E-state index in [0.29, 0.717) is 13.0 Å². The van der Waals surface area contributed by atoms with E-state index >= 15 is 0 Å². The first kappa shape index (κ1) is 14.4. The average Bonchev–Trinajstić information content (AvgIpc) is 3.26. The molecular weight excluding hydrogens is 312 g/mol. The van der Waals surface area contributed by atoms with Crippen LogP contribution in [0.5, 0.6) is 0 Å². The Morgan fingerprint density at radius 3 is 2.91 bits per heavy atom. The predicted octanol–water partition coefficient (Wildman–Crippen LogP) is 1.89. The normalized spacial score (nSPS) is 24.1. The smallest absolute Gasteiger partial charge is 0.255 e. The molecule has 0 aromatic carbocycles. The van der Waals surface area contributed by atoms with E-state index in [2.05, 4.69) is 5.10 Å². The highest BCUT2D eigenvalue weighted by atomic mass is 32.1. The van der Waals surface area contributed by atoms with Crippen molar-refractivity contribution < 1.29 is 9.59 Å². The number of hydrogen-bond acceptors (Lipinski definition) is 4. The van der Waals surface area contributed by atoms with Gasteiger partial charge in [0.1, 0.15) is 0 Å². The highest BCUT2D eigenvalue weighted by Crippen LogP contribution is 2.35. The molecule has 4 heterocycles. The van der Waals surface area contributed by atoms with Gasteiger partial charge in [-0.15, -0.1) is 0 Å². The number of aromatic nitrogens is 2. The molecule has 23 heavy (non-hydrogen) atoms. The third-order valence-electron chi connectivity index (χ3n) is 4.76. The van der Waals surface area contributed by atoms with Gasteiger partial charge in [0.25, 0.3) is 5.91 Å². The Balaban J connectivity index is 1.61. The van der Waals surface area contributed by atoms with Gasteiger partial charge < -0.3 is 9.80 Å². The lowest BCUT2D eigenvalue weighted by molar-refractivity contribution is -0.120. The van der Waals surface area contributed by atoms with Crippen LogP contribution in [-0.4, -0.2) is 45.1 Å². The maximum atomic E-state index is 12.7. The van der Waals surface area contributed by atoms with Crippen molar-refractivity contribution in [1.82, 2.24) is 14.7 Å². The molecule has 2 aliphatic rings. The summed E-state index contributed by atoms with van der Waals surface area (Å²) in [6.07, 6.45) is 5.63. The summed E-state index contributed by atoms with van der Waals surface area (Å²) in [4.78, 5) is 28.9. The topological polar surface area (TPSA) is 58.4 Å². The second-order valence-corrected chi connectivity index (χ2v) is 6.89. The molecule has 2 aliphatic heterocycles. The summed E-state index contributed by atoms with van der Waals surface area (Å²) >= 11 is 1.53. The zero-order valence-corrected chi connectivity index (χ0v) is 13.7. The number of rotatable bonds is 2. The molecule has 2 aromatic heterocycles. The van der Waals surface area contributed by atoms with Gasteiger partial charge in [-0.05, 0) is 24.3 Å². The van der Waals surface area contributed by atoms with Crippen LogP contribution in [0.15, 0.2) is 29.2 Å². The number of carbonyl (C=O) groups is 2. The summed E-state index contributed by atoms with van der Waals surface area (Å²) < 4.78 is 1.70. The Bertz CT molecular complexity index is 739. The molecule has 0 saturated carbocycles. The summed E-state index contributed by atoms with van der Waals surface area (Å²) in [5.41, 5.74) is 1.58. The Hall–Kier alpha value is -2.15. The van der Waals surface area contributed by atoms with E-state index in [1.165, 1.54) is 11.3 Å². The van der Waals surface area contributed by atoms with Crippen LogP contribution in [0.1, 0.15) is 29.6 Å². The molecule has 2 atom stereocenters. The number of likely N-dealkylation sites (tertiary alicyclic amines) is 1. The first-order valence-electron chi connectivity index (χ1n) is 7.79. The molecule has 0 unspecified atom stereocenters. The fourth-order valence-corrected chi connectivity index (χ4v) is 4.37. The van der Waals surface area contributed by atoms with Crippen molar-refractivity contribution in [1.29, 1.82) is 0 Å². The van der Waals surface area contributed by atoms with Crippen LogP contribution in [0.3, 0.4) is 0 Å². The van der Waals surface area contributed by atoms with Crippen LogP contribution >= 0.6 is 11.3 Å². The van der Waals surface area contributed by atoms with Gasteiger partial charge in [0.05, 0.1) is 29.5 Å². The molecule has 0 N–H and O–H groups in total. The number of fused-ring (bicyclic) bond motifs is 1. The minimum absolute atomic E-state index is 0.0584. The number of nitrogens with zero attached hydrogens (tertiary/aromatic N) is 4. The van der Waals surface area contributed by atoms with Crippen molar-refractivity contribution in [3.8, 4) is 0 Å². The lowest BCUT2D eigenvalue weighted by Gasteiger charge is -2.39. The molecule has 7 heteroatoms. The van der Waals surface area contributed by atoms with Crippen LogP contribution in [-0.2, 0) is 11.8 Å². The van der Waals surface area contributed by atoms with Gasteiger partial charge >= 0.3 is 0 Å². The van der Waals surface area contributed by atoms with Crippen LogP contribution in [0.2, 0.25) is 0 Å². The van der Waals surface area contributed by atoms with Gasteiger partial charge in [0.2, 0.25) is 5.91 Å². The van der Waals surface area contributed by atoms with Gasteiger partial charge in [-0.2, -0.15) is 16.4 Å². The molecule has 2 aromatic rings. The second-order valence-electron chi connectivity index (χ2n) is 6.11. The molecule has 2 saturated heterocycles. The monoisotopic (exact) mass is 330 g/mol. The minimum atomic E-state index is 0.0584. The van der Waals surface area contributed by atoms with Gasteiger partial charge in [0.15, 0.2) is 0 Å². The van der Waals surface area contributed by atoms with E-state index in [1.807, 2.05) is 39.9 Å². The zero-order chi connectivity index (χ0) is 16.0. The van der Waals surface area contributed by atoms with Gasteiger partial charge in [-0.25, -0.2) is 0 Å². The van der Waals surface area contributed by atoms with Gasteiger partial charge in [-0.3, -0.25) is 14.3 Å². The molecule has 0 spiro atoms. The first-order chi connectivity index (χ1) is 11.1. The molecule has 6 nitrogen and oxygen atoms in total. The van der Waals surface area contributed by atoms with Crippen molar-refractivity contribution in [3.05, 3.63) is 34.8 Å². The molecule has 0 bridgehead atoms. The number of piperidine rings is 1. The number of hydrogen-bond donors (Lipinski definition) is 0. The fourth-order valence-electron chi connectivity index (χ4n) is 3.74. The third-order valence-corrected chi connectivity index (χ3v) is 5.45. The van der Waals surface area contributed by atoms with Gasteiger partial charge in [-0.1, -0.05) is 0 Å². The van der Waals surface area contributed by atoms with E-state index in [4.69, 9.17) is 0 Å². The summed E-state index contributed by atoms with van der Waals surface area (Å²) in [6, 6.07) is 2.02. The highest BCUT2D eigenvalue weighted by Gasteiger charge is 2.45. The Morgan fingerprint density at radius 1 is 1.35 bits per heavy atom. The van der Waals surface area contributed by atoms with Crippen molar-refractivity contribution in [3.63, 3.8) is 0 Å². The maximum absolute atomic E-state index is 12.7. The molecular formula is C16H18N4O2S. The van der Waals surface area contributed by atoms with Crippen LogP contribution in [0, 0.1) is 0 Å². The van der Waals surface area contributed by atoms with Crippen molar-refractivity contribution in [2.75, 3.05) is 11.4 Å². The first-order valence-corrected chi connectivity index (χ1v) is 8.73. The van der Waals surface area contributed by atoms with E-state index in [0.717, 1.165) is 24.1 Å². The van der Waals surface area contributed by atoms with Crippen molar-refractivity contribution >= 4 is 28.8 Å². The summed E-state index contributed by atoms with van der Waals surface area (Å²) in [5.74, 6) is 0.211. The summed E-state index contributed by atoms with van der Waals surface area (Å²) in [6.45, 7) is 0.702. The molecule has 0 radical (unpaired) electrons. The molecule has 2 fully saturated rings. The SMILES string of the molecule is Cn1cc(N2C(=O)CC[C@@H]3[C@H]2CCN3C(=O)c2ccsc2)cn1. The standard InChI is InChI=1S/C16H18N4O2S/c1-18-9-12(8-17-18)20-14-4-6-19(13(14)2-3-15(20)21)16(22)11-5-7-23-10-11/h5,7-10,13-14H,2-4,6H2,1H3/t13-,14-/m1/s1. The number of aryl methyl sites for hydroxylation is 1. The minimum Gasteiger partial charge on any atom is -0.333 e. The molecule has 120 valence electrons. The number of anilines is 1. The lowest BCUT2D eigenvalue weighted by atomic mass is 9.95. The molecule has 4 rings (SSSR count). The van der Waals surface area contributed by atoms with Gasteiger partial charge in [0, 0.05) is 31.6 Å². The van der Waals surface area contributed by atoms with E-state index in [1.54, 1.807) is 10.9 Å². The Kier molecular flexibility index (Phi) is 3.45. The van der Waals surface area contributed by atoms with Crippen LogP contribution < -0.4 is 4.90 Å². The highest BCUT2D eigenvalue weighted by molar-refractivity contribution is 7.08. The summed E-state index contributed by atoms with van der Waals surface area (Å²) in [5, 5.41) is 7.99. The fraction of sp³-hybridized carbons (Fsp3) is 0.438. The van der Waals surface area contributed by atoms with Crippen molar-refractivity contribution in [2.45, 2.75) is 31.3 Å². The predicted molar refractivity (Wildman–Crippen MR) is 87.5 cm³/mol. The molecule has 2 amide bonds. The Labute approximate surface area is 138 Å². The molecule has 0 aliphatic carbocycles. The number of amides is 2. The summed E-state index contributed by atoms with van der Waals surface area (Å²) in [7, 11) is 1.84. The third kappa shape index (κ3) is 2.35.